The molecule has 2 rings (SSSR count). The molecular weight excluding hydrogens is 318 g/mol. The van der Waals surface area contributed by atoms with E-state index in [1.165, 1.54) is 0 Å². The van der Waals surface area contributed by atoms with Gasteiger partial charge in [0.2, 0.25) is 11.8 Å². The summed E-state index contributed by atoms with van der Waals surface area (Å²) in [6, 6.07) is 3.51. The van der Waals surface area contributed by atoms with Crippen molar-refractivity contribution in [1.82, 2.24) is 15.2 Å². The number of amides is 2. The lowest BCUT2D eigenvalue weighted by Gasteiger charge is -2.24. The molecule has 6 nitrogen and oxygen atoms in total. The number of unbranched alkanes of at least 4 members (excludes halogenated alkanes) is 5. The van der Waals surface area contributed by atoms with Gasteiger partial charge >= 0.3 is 0 Å². The van der Waals surface area contributed by atoms with Crippen LogP contribution in [0.1, 0.15) is 56.6 Å². The molecule has 0 radical (unpaired) electrons. The van der Waals surface area contributed by atoms with E-state index < -0.39 is 0 Å². The van der Waals surface area contributed by atoms with Gasteiger partial charge in [-0.3, -0.25) is 14.6 Å². The van der Waals surface area contributed by atoms with E-state index in [9.17, 15) is 9.59 Å². The summed E-state index contributed by atoms with van der Waals surface area (Å²) in [7, 11) is 1.75. The number of hydrogen-bond donors (Lipinski definition) is 2. The van der Waals surface area contributed by atoms with Gasteiger partial charge in [-0.1, -0.05) is 31.7 Å². The summed E-state index contributed by atoms with van der Waals surface area (Å²) >= 11 is 0. The van der Waals surface area contributed by atoms with Crippen LogP contribution in [0.5, 0.6) is 0 Å². The SMILES string of the molecule is CN1C(=O)CC(C(=O)NCCCCCCCCO)C1c1cccnc1. The van der Waals surface area contributed by atoms with E-state index in [2.05, 4.69) is 10.3 Å². The fraction of sp³-hybridized carbons (Fsp3) is 0.632. The fourth-order valence-corrected chi connectivity index (χ4v) is 3.40. The summed E-state index contributed by atoms with van der Waals surface area (Å²) in [6.07, 6.45) is 9.87. The molecule has 138 valence electrons. The summed E-state index contributed by atoms with van der Waals surface area (Å²) in [5, 5.41) is 11.7. The Balaban J connectivity index is 1.78. The highest BCUT2D eigenvalue weighted by Crippen LogP contribution is 2.36. The number of nitrogens with zero attached hydrogens (tertiary/aromatic N) is 2. The van der Waals surface area contributed by atoms with Crippen LogP contribution >= 0.6 is 0 Å². The number of hydrogen-bond acceptors (Lipinski definition) is 4. The number of aliphatic hydroxyl groups is 1. The summed E-state index contributed by atoms with van der Waals surface area (Å²) in [5.74, 6) is -0.407. The maximum Gasteiger partial charge on any atom is 0.226 e. The molecular formula is C19H29N3O3. The zero-order valence-corrected chi connectivity index (χ0v) is 15.0. The Kier molecular flexibility index (Phi) is 7.85. The maximum absolute atomic E-state index is 12.6. The molecule has 0 aliphatic carbocycles. The highest BCUT2D eigenvalue weighted by Gasteiger charge is 2.42. The van der Waals surface area contributed by atoms with Gasteiger partial charge < -0.3 is 15.3 Å². The Morgan fingerprint density at radius 1 is 1.28 bits per heavy atom. The predicted octanol–water partition coefficient (Wildman–Crippen LogP) is 2.05. The number of aliphatic hydroxyl groups excluding tert-OH is 1. The maximum atomic E-state index is 12.6. The van der Waals surface area contributed by atoms with Gasteiger partial charge in [0, 0.05) is 39.0 Å². The normalized spacial score (nSPS) is 20.1. The molecule has 2 N–H and O–H groups in total. The molecule has 2 amide bonds. The molecule has 2 unspecified atom stereocenters. The summed E-state index contributed by atoms with van der Waals surface area (Å²) in [4.78, 5) is 30.4. The zero-order chi connectivity index (χ0) is 18.1. The van der Waals surface area contributed by atoms with Crippen LogP contribution in [0.4, 0.5) is 0 Å². The third kappa shape index (κ3) is 5.53. The van der Waals surface area contributed by atoms with Crippen molar-refractivity contribution in [1.29, 1.82) is 0 Å². The molecule has 2 atom stereocenters. The third-order valence-electron chi connectivity index (χ3n) is 4.83. The van der Waals surface area contributed by atoms with Gasteiger partial charge in [-0.2, -0.15) is 0 Å². The first-order chi connectivity index (χ1) is 12.1. The number of rotatable bonds is 10. The molecule has 1 aromatic rings. The van der Waals surface area contributed by atoms with Crippen LogP contribution in [-0.4, -0.2) is 47.0 Å². The van der Waals surface area contributed by atoms with Crippen LogP contribution in [0, 0.1) is 5.92 Å². The number of aromatic nitrogens is 1. The highest BCUT2D eigenvalue weighted by molar-refractivity contribution is 5.90. The molecule has 0 saturated carbocycles. The number of nitrogens with one attached hydrogen (secondary N) is 1. The van der Waals surface area contributed by atoms with E-state index in [-0.39, 0.29) is 36.8 Å². The Labute approximate surface area is 149 Å². The van der Waals surface area contributed by atoms with Crippen LogP contribution in [0.3, 0.4) is 0 Å². The van der Waals surface area contributed by atoms with Crippen LogP contribution < -0.4 is 5.32 Å². The van der Waals surface area contributed by atoms with Crippen molar-refractivity contribution >= 4 is 11.8 Å². The molecule has 1 aliphatic heterocycles. The Hall–Kier alpha value is -1.95. The monoisotopic (exact) mass is 347 g/mol. The zero-order valence-electron chi connectivity index (χ0n) is 15.0. The van der Waals surface area contributed by atoms with Gasteiger partial charge in [0.15, 0.2) is 0 Å². The molecule has 1 saturated heterocycles. The van der Waals surface area contributed by atoms with Crippen molar-refractivity contribution in [2.45, 2.75) is 51.0 Å². The molecule has 1 fully saturated rings. The van der Waals surface area contributed by atoms with Crippen LogP contribution in [0.2, 0.25) is 0 Å². The van der Waals surface area contributed by atoms with Crippen molar-refractivity contribution in [2.75, 3.05) is 20.2 Å². The quantitative estimate of drug-likeness (QED) is 0.635. The smallest absolute Gasteiger partial charge is 0.226 e. The molecule has 1 aliphatic rings. The third-order valence-corrected chi connectivity index (χ3v) is 4.83. The van der Waals surface area contributed by atoms with E-state index in [4.69, 9.17) is 5.11 Å². The van der Waals surface area contributed by atoms with Gasteiger partial charge in [0.25, 0.3) is 0 Å². The predicted molar refractivity (Wildman–Crippen MR) is 95.7 cm³/mol. The Morgan fingerprint density at radius 3 is 2.68 bits per heavy atom. The lowest BCUT2D eigenvalue weighted by atomic mass is 9.94. The molecule has 25 heavy (non-hydrogen) atoms. The van der Waals surface area contributed by atoms with Gasteiger partial charge in [0.1, 0.15) is 0 Å². The van der Waals surface area contributed by atoms with Crippen LogP contribution in [-0.2, 0) is 9.59 Å². The number of pyridine rings is 1. The van der Waals surface area contributed by atoms with Crippen LogP contribution in [0.25, 0.3) is 0 Å². The van der Waals surface area contributed by atoms with E-state index in [1.807, 2.05) is 12.1 Å². The van der Waals surface area contributed by atoms with Crippen molar-refractivity contribution in [2.24, 2.45) is 5.92 Å². The molecule has 6 heteroatoms. The van der Waals surface area contributed by atoms with Gasteiger partial charge in [-0.25, -0.2) is 0 Å². The molecule has 0 bridgehead atoms. The lowest BCUT2D eigenvalue weighted by Crippen LogP contribution is -2.35. The van der Waals surface area contributed by atoms with Crippen molar-refractivity contribution in [3.05, 3.63) is 30.1 Å². The number of carbonyl (C=O) groups excluding carboxylic acids is 2. The standard InChI is InChI=1S/C19H29N3O3/c1-22-17(24)13-16(18(22)15-9-8-10-20-14-15)19(25)21-11-6-4-2-3-5-7-12-23/h8-10,14,16,18,23H,2-7,11-13H2,1H3,(H,21,25). The second-order valence-corrected chi connectivity index (χ2v) is 6.68. The fourth-order valence-electron chi connectivity index (χ4n) is 3.40. The lowest BCUT2D eigenvalue weighted by molar-refractivity contribution is -0.128. The average Bonchev–Trinajstić information content (AvgIpc) is 2.93. The number of carbonyl (C=O) groups is 2. The van der Waals surface area contributed by atoms with E-state index in [1.54, 1.807) is 24.3 Å². The largest absolute Gasteiger partial charge is 0.396 e. The van der Waals surface area contributed by atoms with E-state index in [0.29, 0.717) is 6.54 Å². The minimum absolute atomic E-state index is 0.00196. The topological polar surface area (TPSA) is 82.5 Å². The first kappa shape index (κ1) is 19.4. The van der Waals surface area contributed by atoms with Crippen LogP contribution in [0.15, 0.2) is 24.5 Å². The van der Waals surface area contributed by atoms with E-state index in [0.717, 1.165) is 44.1 Å². The average molecular weight is 347 g/mol. The molecule has 0 aromatic carbocycles. The molecule has 2 heterocycles. The van der Waals surface area contributed by atoms with Crippen molar-refractivity contribution in [3.8, 4) is 0 Å². The second-order valence-electron chi connectivity index (χ2n) is 6.68. The molecule has 0 spiro atoms. The first-order valence-electron chi connectivity index (χ1n) is 9.19. The first-order valence-corrected chi connectivity index (χ1v) is 9.19. The van der Waals surface area contributed by atoms with Crippen molar-refractivity contribution < 1.29 is 14.7 Å². The Bertz CT molecular complexity index is 550. The Morgan fingerprint density at radius 2 is 2.00 bits per heavy atom. The summed E-state index contributed by atoms with van der Waals surface area (Å²) in [6.45, 7) is 0.912. The minimum atomic E-state index is -0.355. The summed E-state index contributed by atoms with van der Waals surface area (Å²) < 4.78 is 0. The highest BCUT2D eigenvalue weighted by atomic mass is 16.3. The minimum Gasteiger partial charge on any atom is -0.396 e. The van der Waals surface area contributed by atoms with E-state index >= 15 is 0 Å². The number of likely N-dealkylation sites (tertiary alicyclic amines) is 1. The molecule has 1 aromatic heterocycles. The van der Waals surface area contributed by atoms with Crippen molar-refractivity contribution in [3.63, 3.8) is 0 Å². The second kappa shape index (κ2) is 10.1. The van der Waals surface area contributed by atoms with Gasteiger partial charge in [0.05, 0.1) is 12.0 Å². The van der Waals surface area contributed by atoms with Gasteiger partial charge in [-0.05, 0) is 24.5 Å². The van der Waals surface area contributed by atoms with Gasteiger partial charge in [-0.15, -0.1) is 0 Å². The summed E-state index contributed by atoms with van der Waals surface area (Å²) in [5.41, 5.74) is 0.903.